The number of aryl methyl sites for hydroxylation is 1. The van der Waals surface area contributed by atoms with Gasteiger partial charge in [-0.25, -0.2) is 17.5 Å². The molecule has 4 rings (SSSR count). The van der Waals surface area contributed by atoms with Crippen LogP contribution < -0.4 is 10.1 Å². The van der Waals surface area contributed by atoms with Crippen molar-refractivity contribution in [1.29, 1.82) is 0 Å². The molecule has 2 N–H and O–H groups in total. The number of carbonyl (C=O) groups is 2. The summed E-state index contributed by atoms with van der Waals surface area (Å²) in [6, 6.07) is 12.3. The van der Waals surface area contributed by atoms with E-state index in [1.807, 2.05) is 6.92 Å². The van der Waals surface area contributed by atoms with Crippen molar-refractivity contribution in [3.05, 3.63) is 59.7 Å². The van der Waals surface area contributed by atoms with Crippen LogP contribution in [0.1, 0.15) is 43.7 Å². The Morgan fingerprint density at radius 1 is 1.08 bits per heavy atom. The SMILES string of the molecule is Cc1ccc(S(=O)(=O)N(C(=O)[C@@H]2CCCN2)[C@@](C)(Cc2ccc(OC3CCN(C)CC3)cc2)C(=O)O)cc1. The van der Waals surface area contributed by atoms with Gasteiger partial charge in [0.1, 0.15) is 11.9 Å². The number of nitrogens with one attached hydrogen (secondary N) is 1. The Kier molecular flexibility index (Phi) is 8.44. The number of likely N-dealkylation sites (tertiary alicyclic amines) is 1. The van der Waals surface area contributed by atoms with Crippen molar-refractivity contribution < 1.29 is 27.9 Å². The van der Waals surface area contributed by atoms with E-state index in [9.17, 15) is 23.1 Å². The summed E-state index contributed by atoms with van der Waals surface area (Å²) in [4.78, 5) is 28.6. The van der Waals surface area contributed by atoms with Crippen LogP contribution in [0.5, 0.6) is 5.75 Å². The molecule has 2 heterocycles. The van der Waals surface area contributed by atoms with E-state index < -0.39 is 33.5 Å². The second kappa shape index (κ2) is 11.4. The standard InChI is InChI=1S/C28H37N3O6S/c1-20-6-12-24(13-7-20)38(35,36)31(26(32)25-5-4-16-29-25)28(2,27(33)34)19-21-8-10-22(11-9-21)37-23-14-17-30(3)18-15-23/h6-13,23,25,29H,4-5,14-19H2,1-3H3,(H,33,34)/t25-,28-/m0/s1. The van der Waals surface area contributed by atoms with Gasteiger partial charge in [-0.3, -0.25) is 4.79 Å². The molecule has 1 amide bonds. The Morgan fingerprint density at radius 3 is 2.26 bits per heavy atom. The lowest BCUT2D eigenvalue weighted by Crippen LogP contribution is -2.61. The number of hydrogen-bond acceptors (Lipinski definition) is 7. The highest BCUT2D eigenvalue weighted by molar-refractivity contribution is 7.89. The maximum atomic E-state index is 13.9. The first kappa shape index (κ1) is 28.1. The number of nitrogens with zero attached hydrogens (tertiary/aromatic N) is 2. The number of aliphatic carboxylic acids is 1. The molecule has 2 aliphatic heterocycles. The van der Waals surface area contributed by atoms with Crippen LogP contribution in [0.3, 0.4) is 0 Å². The number of rotatable bonds is 9. The third-order valence-electron chi connectivity index (χ3n) is 7.47. The van der Waals surface area contributed by atoms with Gasteiger partial charge in [0, 0.05) is 19.5 Å². The van der Waals surface area contributed by atoms with Gasteiger partial charge in [-0.15, -0.1) is 0 Å². The molecule has 2 aliphatic rings. The van der Waals surface area contributed by atoms with Gasteiger partial charge in [0.05, 0.1) is 10.9 Å². The van der Waals surface area contributed by atoms with Crippen LogP contribution in [0.15, 0.2) is 53.4 Å². The molecule has 0 spiro atoms. The molecule has 38 heavy (non-hydrogen) atoms. The fourth-order valence-corrected chi connectivity index (χ4v) is 6.82. The fraction of sp³-hybridized carbons (Fsp3) is 0.500. The summed E-state index contributed by atoms with van der Waals surface area (Å²) < 4.78 is 34.4. The lowest BCUT2D eigenvalue weighted by molar-refractivity contribution is -0.153. The third kappa shape index (κ3) is 6.03. The first-order valence-corrected chi connectivity index (χ1v) is 14.5. The van der Waals surface area contributed by atoms with Crippen LogP contribution in [-0.4, -0.2) is 79.0 Å². The van der Waals surface area contributed by atoms with Gasteiger partial charge in [-0.05, 0) is 83.0 Å². The van der Waals surface area contributed by atoms with E-state index in [0.29, 0.717) is 35.0 Å². The van der Waals surface area contributed by atoms with Gasteiger partial charge in [0.2, 0.25) is 0 Å². The van der Waals surface area contributed by atoms with Gasteiger partial charge >= 0.3 is 5.97 Å². The molecular weight excluding hydrogens is 506 g/mol. The Hall–Kier alpha value is -2.95. The summed E-state index contributed by atoms with van der Waals surface area (Å²) in [7, 11) is -2.39. The first-order chi connectivity index (χ1) is 18.0. The van der Waals surface area contributed by atoms with Crippen LogP contribution in [0.25, 0.3) is 0 Å². The van der Waals surface area contributed by atoms with Crippen molar-refractivity contribution in [3.8, 4) is 5.75 Å². The number of benzene rings is 2. The summed E-state index contributed by atoms with van der Waals surface area (Å²) in [5, 5.41) is 13.4. The van der Waals surface area contributed by atoms with Gasteiger partial charge in [0.15, 0.2) is 5.54 Å². The average molecular weight is 544 g/mol. The fourth-order valence-electron chi connectivity index (χ4n) is 5.09. The van der Waals surface area contributed by atoms with E-state index in [1.54, 1.807) is 36.4 Å². The van der Waals surface area contributed by atoms with Gasteiger partial charge in [-0.2, -0.15) is 0 Å². The van der Waals surface area contributed by atoms with Crippen LogP contribution in [0.4, 0.5) is 0 Å². The zero-order valence-electron chi connectivity index (χ0n) is 22.2. The minimum atomic E-state index is -4.47. The van der Waals surface area contributed by atoms with E-state index in [4.69, 9.17) is 4.74 Å². The molecule has 2 saturated heterocycles. The van der Waals surface area contributed by atoms with Gasteiger partial charge in [-0.1, -0.05) is 29.8 Å². The number of carboxylic acids is 1. The van der Waals surface area contributed by atoms with Crippen LogP contribution in [0, 0.1) is 6.92 Å². The lowest BCUT2D eigenvalue weighted by atomic mass is 9.92. The number of piperidine rings is 1. The first-order valence-electron chi connectivity index (χ1n) is 13.1. The minimum absolute atomic E-state index is 0.119. The summed E-state index contributed by atoms with van der Waals surface area (Å²) in [5.41, 5.74) is -0.619. The highest BCUT2D eigenvalue weighted by Gasteiger charge is 2.51. The number of ether oxygens (including phenoxy) is 1. The molecule has 0 aliphatic carbocycles. The summed E-state index contributed by atoms with van der Waals surface area (Å²) in [6.07, 6.45) is 2.93. The number of carbonyl (C=O) groups excluding carboxylic acids is 1. The molecule has 10 heteroatoms. The molecular formula is C28H37N3O6S. The zero-order valence-corrected chi connectivity index (χ0v) is 23.0. The highest BCUT2D eigenvalue weighted by atomic mass is 32.2. The van der Waals surface area contributed by atoms with Gasteiger partial charge < -0.3 is 20.1 Å². The maximum absolute atomic E-state index is 13.9. The summed E-state index contributed by atoms with van der Waals surface area (Å²) >= 11 is 0. The topological polar surface area (TPSA) is 116 Å². The molecule has 0 radical (unpaired) electrons. The smallest absolute Gasteiger partial charge is 0.330 e. The second-order valence-corrected chi connectivity index (χ2v) is 12.4. The van der Waals surface area contributed by atoms with Crippen LogP contribution in [-0.2, 0) is 26.0 Å². The zero-order chi connectivity index (χ0) is 27.5. The van der Waals surface area contributed by atoms with Crippen molar-refractivity contribution in [1.82, 2.24) is 14.5 Å². The van der Waals surface area contributed by atoms with E-state index in [1.165, 1.54) is 19.1 Å². The van der Waals surface area contributed by atoms with Crippen molar-refractivity contribution in [2.24, 2.45) is 0 Å². The molecule has 2 aromatic carbocycles. The van der Waals surface area contributed by atoms with Crippen LogP contribution >= 0.6 is 0 Å². The van der Waals surface area contributed by atoms with E-state index >= 15 is 0 Å². The Bertz CT molecular complexity index is 1230. The van der Waals surface area contributed by atoms with E-state index in [0.717, 1.165) is 31.5 Å². The predicted molar refractivity (Wildman–Crippen MR) is 144 cm³/mol. The summed E-state index contributed by atoms with van der Waals surface area (Å²) in [6.45, 7) is 5.63. The molecule has 2 aromatic rings. The van der Waals surface area contributed by atoms with Crippen molar-refractivity contribution in [2.45, 2.75) is 68.5 Å². The molecule has 0 saturated carbocycles. The quantitative estimate of drug-likeness (QED) is 0.496. The van der Waals surface area contributed by atoms with Gasteiger partial charge in [0.25, 0.3) is 15.9 Å². The van der Waals surface area contributed by atoms with E-state index in [-0.39, 0.29) is 17.4 Å². The Balaban J connectivity index is 1.64. The van der Waals surface area contributed by atoms with E-state index in [2.05, 4.69) is 17.3 Å². The van der Waals surface area contributed by atoms with Crippen molar-refractivity contribution in [3.63, 3.8) is 0 Å². The van der Waals surface area contributed by atoms with Crippen LogP contribution in [0.2, 0.25) is 0 Å². The average Bonchev–Trinajstić information content (AvgIpc) is 3.42. The molecule has 0 unspecified atom stereocenters. The largest absolute Gasteiger partial charge is 0.490 e. The number of carboxylic acid groups (broad SMARTS) is 1. The normalized spacial score (nSPS) is 20.6. The van der Waals surface area contributed by atoms with Crippen molar-refractivity contribution in [2.75, 3.05) is 26.7 Å². The number of hydrogen-bond donors (Lipinski definition) is 2. The monoisotopic (exact) mass is 543 g/mol. The molecule has 0 bridgehead atoms. The Morgan fingerprint density at radius 2 is 1.71 bits per heavy atom. The molecule has 9 nitrogen and oxygen atoms in total. The minimum Gasteiger partial charge on any atom is -0.490 e. The predicted octanol–water partition coefficient (Wildman–Crippen LogP) is 2.82. The third-order valence-corrected chi connectivity index (χ3v) is 9.40. The highest BCUT2D eigenvalue weighted by Crippen LogP contribution is 2.32. The second-order valence-electron chi connectivity index (χ2n) is 10.6. The van der Waals surface area contributed by atoms with Crippen molar-refractivity contribution >= 4 is 21.9 Å². The molecule has 206 valence electrons. The number of sulfonamides is 1. The molecule has 2 fully saturated rings. The Labute approximate surface area is 224 Å². The summed E-state index contributed by atoms with van der Waals surface area (Å²) in [5.74, 6) is -1.47. The maximum Gasteiger partial charge on any atom is 0.330 e. The number of amides is 1. The molecule has 2 atom stereocenters. The lowest BCUT2D eigenvalue weighted by Gasteiger charge is -2.38. The molecule has 0 aromatic heterocycles.